The molecule has 0 radical (unpaired) electrons. The third kappa shape index (κ3) is 1.93. The topological polar surface area (TPSA) is 72.0 Å². The molecule has 0 saturated heterocycles. The predicted molar refractivity (Wildman–Crippen MR) is 43.2 cm³/mol. The van der Waals surface area contributed by atoms with Crippen LogP contribution in [0.2, 0.25) is 0 Å². The molecule has 1 aliphatic carbocycles. The number of H-pyrrole nitrogens is 1. The average molecular weight is 180 g/mol. The molecule has 68 valence electrons. The van der Waals surface area contributed by atoms with E-state index < -0.39 is 0 Å². The quantitative estimate of drug-likeness (QED) is 0.654. The maximum Gasteiger partial charge on any atom is 0.314 e. The van der Waals surface area contributed by atoms with Crippen molar-refractivity contribution in [3.8, 4) is 5.75 Å². The lowest BCUT2D eigenvalue weighted by Crippen LogP contribution is -2.13. The van der Waals surface area contributed by atoms with E-state index in [4.69, 9.17) is 4.74 Å². The van der Waals surface area contributed by atoms with Crippen molar-refractivity contribution in [2.75, 3.05) is 0 Å². The van der Waals surface area contributed by atoms with Crippen LogP contribution < -0.4 is 10.3 Å². The number of nitrogens with zero attached hydrogens (tertiary/aromatic N) is 1. The van der Waals surface area contributed by atoms with Gasteiger partial charge in [-0.1, -0.05) is 0 Å². The molecule has 1 aromatic rings. The number of hydrogen-bond acceptors (Lipinski definition) is 4. The molecule has 13 heavy (non-hydrogen) atoms. The maximum absolute atomic E-state index is 11.1. The number of nitrogens with one attached hydrogen (secondary N) is 1. The Morgan fingerprint density at radius 3 is 3.00 bits per heavy atom. The molecule has 0 aromatic carbocycles. The van der Waals surface area contributed by atoms with E-state index >= 15 is 0 Å². The highest BCUT2D eigenvalue weighted by atomic mass is 16.5. The third-order valence-electron chi connectivity index (χ3n) is 1.77. The molecule has 0 unspecified atom stereocenters. The number of ether oxygens (including phenoxy) is 1. The largest absolute Gasteiger partial charge is 0.424 e. The van der Waals surface area contributed by atoms with Crippen molar-refractivity contribution in [1.82, 2.24) is 10.2 Å². The van der Waals surface area contributed by atoms with Crippen molar-refractivity contribution in [3.63, 3.8) is 0 Å². The van der Waals surface area contributed by atoms with E-state index in [9.17, 15) is 9.59 Å². The molecule has 0 bridgehead atoms. The SMILES string of the molecule is O=C(Oc1cn[nH]c(=O)c1)C1CC1. The first-order valence-corrected chi connectivity index (χ1v) is 4.02. The fourth-order valence-electron chi connectivity index (χ4n) is 0.933. The van der Waals surface area contributed by atoms with Crippen LogP contribution in [-0.4, -0.2) is 16.2 Å². The van der Waals surface area contributed by atoms with Gasteiger partial charge in [-0.15, -0.1) is 0 Å². The molecule has 5 heteroatoms. The minimum Gasteiger partial charge on any atom is -0.424 e. The molecule has 1 saturated carbocycles. The summed E-state index contributed by atoms with van der Waals surface area (Å²) in [5, 5.41) is 5.70. The molecule has 1 fully saturated rings. The summed E-state index contributed by atoms with van der Waals surface area (Å²) < 4.78 is 4.90. The summed E-state index contributed by atoms with van der Waals surface area (Å²) in [5.74, 6) is -0.0349. The van der Waals surface area contributed by atoms with Crippen LogP contribution in [0.25, 0.3) is 0 Å². The number of esters is 1. The second-order valence-electron chi connectivity index (χ2n) is 2.98. The monoisotopic (exact) mass is 180 g/mol. The second-order valence-corrected chi connectivity index (χ2v) is 2.98. The molecule has 1 aliphatic rings. The summed E-state index contributed by atoms with van der Waals surface area (Å²) in [6.45, 7) is 0. The smallest absolute Gasteiger partial charge is 0.314 e. The van der Waals surface area contributed by atoms with Crippen LogP contribution >= 0.6 is 0 Å². The Morgan fingerprint density at radius 1 is 1.62 bits per heavy atom. The highest BCUT2D eigenvalue weighted by Crippen LogP contribution is 2.30. The molecule has 0 aliphatic heterocycles. The van der Waals surface area contributed by atoms with Crippen molar-refractivity contribution in [2.24, 2.45) is 5.92 Å². The van der Waals surface area contributed by atoms with Crippen LogP contribution in [0.3, 0.4) is 0 Å². The van der Waals surface area contributed by atoms with Crippen molar-refractivity contribution in [3.05, 3.63) is 22.6 Å². The van der Waals surface area contributed by atoms with Crippen LogP contribution in [0.15, 0.2) is 17.1 Å². The van der Waals surface area contributed by atoms with Gasteiger partial charge in [0.15, 0.2) is 5.75 Å². The van der Waals surface area contributed by atoms with E-state index in [1.165, 1.54) is 12.3 Å². The van der Waals surface area contributed by atoms with Gasteiger partial charge in [-0.25, -0.2) is 5.10 Å². The lowest BCUT2D eigenvalue weighted by atomic mass is 10.4. The Balaban J connectivity index is 2.08. The Labute approximate surface area is 73.7 Å². The Kier molecular flexibility index (Phi) is 1.84. The zero-order valence-corrected chi connectivity index (χ0v) is 6.82. The predicted octanol–water partition coefficient (Wildman–Crippen LogP) is 0.0853. The molecule has 1 heterocycles. The van der Waals surface area contributed by atoms with Gasteiger partial charge in [0.2, 0.25) is 0 Å². The van der Waals surface area contributed by atoms with E-state index in [0.717, 1.165) is 12.8 Å². The number of aromatic nitrogens is 2. The summed E-state index contributed by atoms with van der Waals surface area (Å²) >= 11 is 0. The van der Waals surface area contributed by atoms with E-state index in [0.29, 0.717) is 0 Å². The van der Waals surface area contributed by atoms with Gasteiger partial charge in [0, 0.05) is 6.07 Å². The molecule has 1 aromatic heterocycles. The summed E-state index contributed by atoms with van der Waals surface area (Å²) in [5.41, 5.74) is -0.374. The maximum atomic E-state index is 11.1. The molecule has 0 amide bonds. The first-order chi connectivity index (χ1) is 6.25. The third-order valence-corrected chi connectivity index (χ3v) is 1.77. The van der Waals surface area contributed by atoms with Gasteiger partial charge in [0.05, 0.1) is 12.1 Å². The molecule has 5 nitrogen and oxygen atoms in total. The lowest BCUT2D eigenvalue weighted by Gasteiger charge is -1.99. The second kappa shape index (κ2) is 3.01. The van der Waals surface area contributed by atoms with Gasteiger partial charge < -0.3 is 4.74 Å². The first-order valence-electron chi connectivity index (χ1n) is 4.02. The number of aromatic amines is 1. The average Bonchev–Trinajstić information content (AvgIpc) is 2.85. The van der Waals surface area contributed by atoms with Gasteiger partial charge >= 0.3 is 5.97 Å². The molecular weight excluding hydrogens is 172 g/mol. The van der Waals surface area contributed by atoms with Gasteiger partial charge in [-0.2, -0.15) is 5.10 Å². The standard InChI is InChI=1S/C8H8N2O3/c11-7-3-6(4-9-10-7)13-8(12)5-1-2-5/h3-5H,1-2H2,(H,10,11). The van der Waals surface area contributed by atoms with E-state index in [2.05, 4.69) is 10.2 Å². The number of carbonyl (C=O) groups excluding carboxylic acids is 1. The normalized spacial score (nSPS) is 15.4. The first kappa shape index (κ1) is 7.97. The molecule has 0 spiro atoms. The van der Waals surface area contributed by atoms with Crippen LogP contribution in [0, 0.1) is 5.92 Å². The van der Waals surface area contributed by atoms with Crippen LogP contribution in [0.1, 0.15) is 12.8 Å². The minimum atomic E-state index is -0.374. The number of carbonyl (C=O) groups is 1. The molecular formula is C8H8N2O3. The van der Waals surface area contributed by atoms with E-state index in [1.54, 1.807) is 0 Å². The highest BCUT2D eigenvalue weighted by molar-refractivity contribution is 5.77. The Morgan fingerprint density at radius 2 is 2.38 bits per heavy atom. The van der Waals surface area contributed by atoms with Crippen LogP contribution in [0.4, 0.5) is 0 Å². The van der Waals surface area contributed by atoms with Gasteiger partial charge in [0.25, 0.3) is 5.56 Å². The molecule has 0 atom stereocenters. The zero-order chi connectivity index (χ0) is 9.26. The van der Waals surface area contributed by atoms with E-state index in [1.807, 2.05) is 0 Å². The molecule has 2 rings (SSSR count). The summed E-state index contributed by atoms with van der Waals surface area (Å²) in [6, 6.07) is 1.20. The summed E-state index contributed by atoms with van der Waals surface area (Å²) in [4.78, 5) is 21.9. The summed E-state index contributed by atoms with van der Waals surface area (Å²) in [6.07, 6.45) is 3.08. The lowest BCUT2D eigenvalue weighted by molar-refractivity contribution is -0.135. The van der Waals surface area contributed by atoms with Crippen molar-refractivity contribution in [1.29, 1.82) is 0 Å². The zero-order valence-electron chi connectivity index (χ0n) is 6.82. The number of rotatable bonds is 2. The van der Waals surface area contributed by atoms with Gasteiger partial charge in [0.1, 0.15) is 0 Å². The summed E-state index contributed by atoms with van der Waals surface area (Å²) in [7, 11) is 0. The fraction of sp³-hybridized carbons (Fsp3) is 0.375. The minimum absolute atomic E-state index is 0.0271. The molecule has 1 N–H and O–H groups in total. The van der Waals surface area contributed by atoms with Crippen LogP contribution in [0.5, 0.6) is 5.75 Å². The van der Waals surface area contributed by atoms with Crippen molar-refractivity contribution < 1.29 is 9.53 Å². The van der Waals surface area contributed by atoms with Gasteiger partial charge in [-0.05, 0) is 12.8 Å². The van der Waals surface area contributed by atoms with Gasteiger partial charge in [-0.3, -0.25) is 9.59 Å². The van der Waals surface area contributed by atoms with E-state index in [-0.39, 0.29) is 23.2 Å². The van der Waals surface area contributed by atoms with Crippen molar-refractivity contribution in [2.45, 2.75) is 12.8 Å². The van der Waals surface area contributed by atoms with Crippen LogP contribution in [-0.2, 0) is 4.79 Å². The Hall–Kier alpha value is -1.65. The highest BCUT2D eigenvalue weighted by Gasteiger charge is 2.31. The van der Waals surface area contributed by atoms with Crippen molar-refractivity contribution >= 4 is 5.97 Å². The fourth-order valence-corrected chi connectivity index (χ4v) is 0.933. The number of hydrogen-bond donors (Lipinski definition) is 1. The Bertz CT molecular complexity index is 381.